The summed E-state index contributed by atoms with van der Waals surface area (Å²) in [4.78, 5) is 12.3. The van der Waals surface area contributed by atoms with Crippen LogP contribution < -0.4 is 4.74 Å². The van der Waals surface area contributed by atoms with Crippen molar-refractivity contribution in [1.82, 2.24) is 0 Å². The molecule has 0 radical (unpaired) electrons. The highest BCUT2D eigenvalue weighted by atomic mass is 19.4. The third kappa shape index (κ3) is 5.07. The van der Waals surface area contributed by atoms with Crippen LogP contribution in [0.5, 0.6) is 5.75 Å². The number of aliphatic carboxylic acids is 1. The molecule has 1 aromatic carbocycles. The molecule has 6 heteroatoms. The number of benzene rings is 1. The fourth-order valence-electron chi connectivity index (χ4n) is 5.69. The number of ether oxygens (including phenoxy) is 1. The molecule has 2 aliphatic rings. The molecule has 29 heavy (non-hydrogen) atoms. The summed E-state index contributed by atoms with van der Waals surface area (Å²) in [5.74, 6) is -0.0966. The molecule has 0 heterocycles. The number of halogens is 3. The van der Waals surface area contributed by atoms with Crippen molar-refractivity contribution in [3.8, 4) is 5.75 Å². The maximum absolute atomic E-state index is 12.7. The fraction of sp³-hybridized carbons (Fsp3) is 0.696. The van der Waals surface area contributed by atoms with Gasteiger partial charge in [-0.3, -0.25) is 4.79 Å². The zero-order valence-corrected chi connectivity index (χ0v) is 17.0. The van der Waals surface area contributed by atoms with Gasteiger partial charge in [0, 0.05) is 0 Å². The Morgan fingerprint density at radius 3 is 2.28 bits per heavy atom. The van der Waals surface area contributed by atoms with Gasteiger partial charge in [-0.25, -0.2) is 0 Å². The summed E-state index contributed by atoms with van der Waals surface area (Å²) in [6.07, 6.45) is 3.97. The first-order valence-corrected chi connectivity index (χ1v) is 10.8. The molecule has 0 aromatic heterocycles. The topological polar surface area (TPSA) is 46.5 Å². The lowest BCUT2D eigenvalue weighted by atomic mass is 9.58. The Balaban J connectivity index is 1.70. The highest BCUT2D eigenvalue weighted by Crippen LogP contribution is 2.53. The van der Waals surface area contributed by atoms with Crippen LogP contribution in [0.25, 0.3) is 0 Å². The predicted molar refractivity (Wildman–Crippen MR) is 105 cm³/mol. The molecular weight excluding hydrogens is 381 g/mol. The number of hydrogen-bond acceptors (Lipinski definition) is 2. The minimum absolute atomic E-state index is 0.0996. The summed E-state index contributed by atoms with van der Waals surface area (Å²) in [7, 11) is 0. The predicted octanol–water partition coefficient (Wildman–Crippen LogP) is 6.92. The molecular formula is C23H31F3O3. The average Bonchev–Trinajstić information content (AvgIpc) is 2.68. The van der Waals surface area contributed by atoms with Crippen LogP contribution in [0.15, 0.2) is 24.3 Å². The van der Waals surface area contributed by atoms with Gasteiger partial charge in [-0.2, -0.15) is 0 Å². The lowest BCUT2D eigenvalue weighted by Gasteiger charge is -2.45. The highest BCUT2D eigenvalue weighted by molar-refractivity contribution is 5.75. The Bertz CT molecular complexity index is 685. The first-order chi connectivity index (χ1) is 13.7. The zero-order chi connectivity index (χ0) is 21.1. The van der Waals surface area contributed by atoms with E-state index in [1.165, 1.54) is 25.0 Å². The smallest absolute Gasteiger partial charge is 0.481 e. The van der Waals surface area contributed by atoms with Gasteiger partial charge in [0.2, 0.25) is 0 Å². The summed E-state index contributed by atoms with van der Waals surface area (Å²) in [5.41, 5.74) is -0.191. The van der Waals surface area contributed by atoms with E-state index in [1.54, 1.807) is 12.1 Å². The van der Waals surface area contributed by atoms with Gasteiger partial charge in [0.25, 0.3) is 0 Å². The first kappa shape index (κ1) is 22.0. The zero-order valence-electron chi connectivity index (χ0n) is 17.0. The van der Waals surface area contributed by atoms with Gasteiger partial charge in [0.1, 0.15) is 5.75 Å². The molecule has 0 bridgehead atoms. The van der Waals surface area contributed by atoms with E-state index in [1.807, 2.05) is 0 Å². The molecule has 162 valence electrons. The number of rotatable bonds is 6. The van der Waals surface area contributed by atoms with Crippen LogP contribution in [0.3, 0.4) is 0 Å². The second-order valence-electron chi connectivity index (χ2n) is 8.83. The van der Waals surface area contributed by atoms with E-state index in [0.717, 1.165) is 25.7 Å². The minimum Gasteiger partial charge on any atom is -0.481 e. The van der Waals surface area contributed by atoms with Crippen molar-refractivity contribution >= 4 is 5.97 Å². The molecule has 3 rings (SSSR count). The SMILES string of the molecule is CCCC1CCC(C2(C(=O)O)CCC(c3ccccc3OC(F)(F)F)CC2)CC1. The number of carboxylic acid groups (broad SMARTS) is 1. The molecule has 0 unspecified atom stereocenters. The van der Waals surface area contributed by atoms with Gasteiger partial charge in [-0.1, -0.05) is 50.8 Å². The largest absolute Gasteiger partial charge is 0.573 e. The lowest BCUT2D eigenvalue weighted by Crippen LogP contribution is -2.43. The van der Waals surface area contributed by atoms with Crippen molar-refractivity contribution in [2.45, 2.75) is 83.4 Å². The summed E-state index contributed by atoms with van der Waals surface area (Å²) in [6, 6.07) is 6.27. The number of alkyl halides is 3. The van der Waals surface area contributed by atoms with Crippen molar-refractivity contribution in [3.63, 3.8) is 0 Å². The highest BCUT2D eigenvalue weighted by Gasteiger charge is 2.49. The quantitative estimate of drug-likeness (QED) is 0.552. The van der Waals surface area contributed by atoms with Gasteiger partial charge in [0.05, 0.1) is 5.41 Å². The maximum atomic E-state index is 12.7. The molecule has 1 aromatic rings. The molecule has 3 nitrogen and oxygen atoms in total. The van der Waals surface area contributed by atoms with Crippen LogP contribution in [0.4, 0.5) is 13.2 Å². The molecule has 2 saturated carbocycles. The van der Waals surface area contributed by atoms with Crippen molar-refractivity contribution in [2.24, 2.45) is 17.3 Å². The van der Waals surface area contributed by atoms with Crippen molar-refractivity contribution < 1.29 is 27.8 Å². The van der Waals surface area contributed by atoms with Crippen molar-refractivity contribution in [3.05, 3.63) is 29.8 Å². The van der Waals surface area contributed by atoms with Gasteiger partial charge in [-0.15, -0.1) is 13.2 Å². The standard InChI is InChI=1S/C23H31F3O3/c1-2-5-16-8-10-18(11-9-16)22(21(27)28)14-12-17(13-15-22)19-6-3-4-7-20(19)29-23(24,25)26/h3-4,6-7,16-18H,2,5,8-15H2,1H3,(H,27,28). The molecule has 2 fully saturated rings. The van der Waals surface area contributed by atoms with Crippen molar-refractivity contribution in [2.75, 3.05) is 0 Å². The normalized spacial score (nSPS) is 30.7. The average molecular weight is 412 g/mol. The second-order valence-corrected chi connectivity index (χ2v) is 8.83. The molecule has 0 amide bonds. The molecule has 0 saturated heterocycles. The van der Waals surface area contributed by atoms with E-state index in [9.17, 15) is 23.1 Å². The van der Waals surface area contributed by atoms with E-state index in [4.69, 9.17) is 0 Å². The molecule has 1 N–H and O–H groups in total. The monoisotopic (exact) mass is 412 g/mol. The van der Waals surface area contributed by atoms with E-state index in [2.05, 4.69) is 11.7 Å². The van der Waals surface area contributed by atoms with Crippen LogP contribution in [-0.4, -0.2) is 17.4 Å². The third-order valence-electron chi connectivity index (χ3n) is 7.21. The summed E-state index contributed by atoms with van der Waals surface area (Å²) in [5, 5.41) is 10.1. The Kier molecular flexibility index (Phi) is 6.79. The van der Waals surface area contributed by atoms with E-state index < -0.39 is 17.7 Å². The fourth-order valence-corrected chi connectivity index (χ4v) is 5.69. The van der Waals surface area contributed by atoms with Crippen LogP contribution in [-0.2, 0) is 4.79 Å². The lowest BCUT2D eigenvalue weighted by molar-refractivity contribution is -0.275. The Labute approximate surface area is 170 Å². The minimum atomic E-state index is -4.73. The van der Waals surface area contributed by atoms with Gasteiger partial charge >= 0.3 is 12.3 Å². The molecule has 0 spiro atoms. The molecule has 2 aliphatic carbocycles. The number of para-hydroxylation sites is 1. The van der Waals surface area contributed by atoms with Crippen LogP contribution in [0.2, 0.25) is 0 Å². The van der Waals surface area contributed by atoms with E-state index in [0.29, 0.717) is 37.2 Å². The van der Waals surface area contributed by atoms with Crippen LogP contribution >= 0.6 is 0 Å². The van der Waals surface area contributed by atoms with E-state index >= 15 is 0 Å². The first-order valence-electron chi connectivity index (χ1n) is 10.8. The number of carboxylic acids is 1. The molecule has 0 atom stereocenters. The van der Waals surface area contributed by atoms with Gasteiger partial charge < -0.3 is 9.84 Å². The summed E-state index contributed by atoms with van der Waals surface area (Å²) < 4.78 is 42.5. The number of carbonyl (C=O) groups is 1. The van der Waals surface area contributed by atoms with Crippen molar-refractivity contribution in [1.29, 1.82) is 0 Å². The van der Waals surface area contributed by atoms with Gasteiger partial charge in [-0.05, 0) is 67.9 Å². The van der Waals surface area contributed by atoms with Gasteiger partial charge in [0.15, 0.2) is 0 Å². The third-order valence-corrected chi connectivity index (χ3v) is 7.21. The molecule has 0 aliphatic heterocycles. The Morgan fingerprint density at radius 2 is 1.72 bits per heavy atom. The summed E-state index contributed by atoms with van der Waals surface area (Å²) in [6.45, 7) is 2.19. The maximum Gasteiger partial charge on any atom is 0.573 e. The van der Waals surface area contributed by atoms with Crippen LogP contribution in [0, 0.1) is 17.3 Å². The Hall–Kier alpha value is -1.72. The van der Waals surface area contributed by atoms with Crippen LogP contribution in [0.1, 0.15) is 82.6 Å². The second kappa shape index (κ2) is 8.97. The Morgan fingerprint density at radius 1 is 1.10 bits per heavy atom. The number of hydrogen-bond donors (Lipinski definition) is 1. The van der Waals surface area contributed by atoms with E-state index in [-0.39, 0.29) is 17.6 Å². The summed E-state index contributed by atoms with van der Waals surface area (Å²) >= 11 is 0.